The summed E-state index contributed by atoms with van der Waals surface area (Å²) in [6.45, 7) is 4.43. The van der Waals surface area contributed by atoms with Crippen LogP contribution in [0.4, 0.5) is 0 Å². The van der Waals surface area contributed by atoms with Gasteiger partial charge in [0, 0.05) is 4.90 Å². The molecule has 1 aliphatic rings. The molecule has 0 saturated heterocycles. The molecule has 0 aromatic heterocycles. The van der Waals surface area contributed by atoms with E-state index >= 15 is 0 Å². The first-order chi connectivity index (χ1) is 6.14. The molecule has 0 aliphatic heterocycles. The van der Waals surface area contributed by atoms with Gasteiger partial charge in [0.25, 0.3) is 0 Å². The van der Waals surface area contributed by atoms with Crippen LogP contribution in [0.1, 0.15) is 13.8 Å². The molecule has 0 unspecified atom stereocenters. The van der Waals surface area contributed by atoms with Crippen molar-refractivity contribution in [3.63, 3.8) is 0 Å². The number of hydrogen-bond donors (Lipinski definition) is 0. The molecule has 0 N–H and O–H groups in total. The third-order valence-electron chi connectivity index (χ3n) is 2.90. The van der Waals surface area contributed by atoms with Crippen molar-refractivity contribution in [2.45, 2.75) is 22.9 Å². The van der Waals surface area contributed by atoms with Gasteiger partial charge in [-0.25, -0.2) is 0 Å². The lowest BCUT2D eigenvalue weighted by molar-refractivity contribution is 0.834. The van der Waals surface area contributed by atoms with Gasteiger partial charge in [0.1, 0.15) is 0 Å². The van der Waals surface area contributed by atoms with Crippen molar-refractivity contribution in [3.05, 3.63) is 30.3 Å². The Kier molecular flexibility index (Phi) is 2.33. The summed E-state index contributed by atoms with van der Waals surface area (Å²) in [4.78, 5) is 1.27. The lowest BCUT2D eigenvalue weighted by atomic mass is 10.4. The minimum absolute atomic E-state index is 0.0403. The number of halogens is 1. The topological polar surface area (TPSA) is 0 Å². The molecule has 2 atom stereocenters. The molecule has 0 radical (unpaired) electrons. The second kappa shape index (κ2) is 3.21. The summed E-state index contributed by atoms with van der Waals surface area (Å²) in [5.41, 5.74) is 0. The maximum atomic E-state index is 6.44. The molecule has 0 amide bonds. The zero-order valence-electron chi connectivity index (χ0n) is 7.83. The highest BCUT2D eigenvalue weighted by Gasteiger charge is 2.58. The van der Waals surface area contributed by atoms with Gasteiger partial charge in [0.05, 0.1) is 4.21 Å². The molecule has 1 aromatic carbocycles. The number of benzene rings is 1. The zero-order chi connectivity index (χ0) is 9.47. The van der Waals surface area contributed by atoms with Gasteiger partial charge in [0.2, 0.25) is 0 Å². The predicted molar refractivity (Wildman–Crippen MR) is 59.2 cm³/mol. The second-order valence-corrected chi connectivity index (χ2v) is 5.89. The van der Waals surface area contributed by atoms with Crippen LogP contribution in [0.15, 0.2) is 35.2 Å². The van der Waals surface area contributed by atoms with E-state index in [-0.39, 0.29) is 4.21 Å². The summed E-state index contributed by atoms with van der Waals surface area (Å²) >= 11 is 8.24. The van der Waals surface area contributed by atoms with E-state index < -0.39 is 0 Å². The third kappa shape index (κ3) is 1.60. The Balaban J connectivity index is 2.08. The van der Waals surface area contributed by atoms with Crippen molar-refractivity contribution < 1.29 is 0 Å². The Morgan fingerprint density at radius 1 is 1.15 bits per heavy atom. The molecule has 13 heavy (non-hydrogen) atoms. The van der Waals surface area contributed by atoms with E-state index in [2.05, 4.69) is 38.1 Å². The monoisotopic (exact) mass is 212 g/mol. The van der Waals surface area contributed by atoms with Crippen molar-refractivity contribution in [1.82, 2.24) is 0 Å². The highest BCUT2D eigenvalue weighted by Crippen LogP contribution is 2.64. The Labute approximate surface area is 88.7 Å². The van der Waals surface area contributed by atoms with Crippen molar-refractivity contribution in [2.24, 2.45) is 11.8 Å². The summed E-state index contributed by atoms with van der Waals surface area (Å²) < 4.78 is -0.0403. The van der Waals surface area contributed by atoms with E-state index in [1.165, 1.54) is 4.90 Å². The van der Waals surface area contributed by atoms with Crippen molar-refractivity contribution in [1.29, 1.82) is 0 Å². The summed E-state index contributed by atoms with van der Waals surface area (Å²) in [7, 11) is 0. The first-order valence-electron chi connectivity index (χ1n) is 4.57. The van der Waals surface area contributed by atoms with Crippen molar-refractivity contribution in [2.75, 3.05) is 0 Å². The van der Waals surface area contributed by atoms with Gasteiger partial charge in [-0.05, 0) is 24.0 Å². The molecule has 0 nitrogen and oxygen atoms in total. The van der Waals surface area contributed by atoms with Gasteiger partial charge < -0.3 is 0 Å². The highest BCUT2D eigenvalue weighted by atomic mass is 35.5. The van der Waals surface area contributed by atoms with Crippen LogP contribution >= 0.6 is 23.4 Å². The fraction of sp³-hybridized carbons (Fsp3) is 0.455. The fourth-order valence-corrected chi connectivity index (χ4v) is 3.49. The fourth-order valence-electron chi connectivity index (χ4n) is 1.54. The van der Waals surface area contributed by atoms with Crippen LogP contribution in [-0.4, -0.2) is 4.21 Å². The lowest BCUT2D eigenvalue weighted by Gasteiger charge is -2.07. The molecule has 1 aromatic rings. The van der Waals surface area contributed by atoms with Gasteiger partial charge in [-0.15, -0.1) is 23.4 Å². The Morgan fingerprint density at radius 2 is 1.69 bits per heavy atom. The van der Waals surface area contributed by atoms with Crippen LogP contribution in [0.2, 0.25) is 0 Å². The largest absolute Gasteiger partial charge is 0.106 e. The molecule has 1 fully saturated rings. The van der Waals surface area contributed by atoms with Crippen LogP contribution < -0.4 is 0 Å². The predicted octanol–water partition coefficient (Wildman–Crippen LogP) is 4.00. The number of hydrogen-bond acceptors (Lipinski definition) is 1. The molecular weight excluding hydrogens is 200 g/mol. The third-order valence-corrected chi connectivity index (χ3v) is 5.38. The van der Waals surface area contributed by atoms with E-state index in [1.807, 2.05) is 6.07 Å². The standard InChI is InChI=1S/C11H13ClS/c1-8-9(2)11(8,12)13-10-6-4-3-5-7-10/h3-9H,1-2H3/t8-,9-/m0/s1. The van der Waals surface area contributed by atoms with Gasteiger partial charge in [0.15, 0.2) is 0 Å². The lowest BCUT2D eigenvalue weighted by Crippen LogP contribution is -1.94. The maximum absolute atomic E-state index is 6.44. The number of rotatable bonds is 2. The van der Waals surface area contributed by atoms with Gasteiger partial charge in [-0.3, -0.25) is 0 Å². The number of alkyl halides is 1. The zero-order valence-corrected chi connectivity index (χ0v) is 9.40. The smallest absolute Gasteiger partial charge is 0.1000 e. The molecule has 1 saturated carbocycles. The Hall–Kier alpha value is -0.140. The maximum Gasteiger partial charge on any atom is 0.1000 e. The minimum Gasteiger partial charge on any atom is -0.106 e. The Bertz CT molecular complexity index is 288. The van der Waals surface area contributed by atoms with E-state index in [0.29, 0.717) is 11.8 Å². The summed E-state index contributed by atoms with van der Waals surface area (Å²) in [5.74, 6) is 1.25. The quantitative estimate of drug-likeness (QED) is 0.668. The highest BCUT2D eigenvalue weighted by molar-refractivity contribution is 8.02. The van der Waals surface area contributed by atoms with Gasteiger partial charge in [-0.1, -0.05) is 32.0 Å². The van der Waals surface area contributed by atoms with Crippen molar-refractivity contribution in [3.8, 4) is 0 Å². The molecular formula is C11H13ClS. The van der Waals surface area contributed by atoms with Crippen LogP contribution in [0.25, 0.3) is 0 Å². The van der Waals surface area contributed by atoms with Gasteiger partial charge in [-0.2, -0.15) is 0 Å². The number of thioether (sulfide) groups is 1. The molecule has 0 spiro atoms. The first kappa shape index (κ1) is 9.42. The summed E-state index contributed by atoms with van der Waals surface area (Å²) in [6, 6.07) is 10.4. The summed E-state index contributed by atoms with van der Waals surface area (Å²) in [5, 5.41) is 0. The van der Waals surface area contributed by atoms with E-state index in [4.69, 9.17) is 11.6 Å². The first-order valence-corrected chi connectivity index (χ1v) is 5.77. The molecule has 70 valence electrons. The van der Waals surface area contributed by atoms with Crippen LogP contribution in [0.5, 0.6) is 0 Å². The van der Waals surface area contributed by atoms with Crippen LogP contribution in [0.3, 0.4) is 0 Å². The molecule has 0 heterocycles. The summed E-state index contributed by atoms with van der Waals surface area (Å²) in [6.07, 6.45) is 0. The normalized spacial score (nSPS) is 37.5. The molecule has 1 aliphatic carbocycles. The SMILES string of the molecule is C[C@H]1[C@H](C)C1(Cl)Sc1ccccc1. The van der Waals surface area contributed by atoms with Crippen LogP contribution in [0, 0.1) is 11.8 Å². The molecule has 2 rings (SSSR count). The van der Waals surface area contributed by atoms with E-state index in [1.54, 1.807) is 11.8 Å². The minimum atomic E-state index is -0.0403. The van der Waals surface area contributed by atoms with Gasteiger partial charge >= 0.3 is 0 Å². The molecule has 2 heteroatoms. The Morgan fingerprint density at radius 3 is 2.15 bits per heavy atom. The van der Waals surface area contributed by atoms with E-state index in [9.17, 15) is 0 Å². The average Bonchev–Trinajstić information content (AvgIpc) is 2.58. The van der Waals surface area contributed by atoms with E-state index in [0.717, 1.165) is 0 Å². The van der Waals surface area contributed by atoms with Crippen LogP contribution in [-0.2, 0) is 0 Å². The molecule has 0 bridgehead atoms. The average molecular weight is 213 g/mol. The second-order valence-electron chi connectivity index (χ2n) is 3.69. The van der Waals surface area contributed by atoms with Crippen molar-refractivity contribution >= 4 is 23.4 Å².